The molecule has 0 aromatic heterocycles. The molecule has 17 heavy (non-hydrogen) atoms. The second-order valence-electron chi connectivity index (χ2n) is 5.41. The third kappa shape index (κ3) is 2.25. The lowest BCUT2D eigenvalue weighted by Crippen LogP contribution is -2.21. The third-order valence-electron chi connectivity index (χ3n) is 3.93. The minimum atomic E-state index is 0.157. The van der Waals surface area contributed by atoms with Crippen LogP contribution in [0.3, 0.4) is 0 Å². The maximum atomic E-state index is 6.12. The number of ether oxygens (including phenoxy) is 2. The number of hydrogen-bond acceptors (Lipinski definition) is 3. The Kier molecular flexibility index (Phi) is 2.51. The van der Waals surface area contributed by atoms with Gasteiger partial charge in [0, 0.05) is 5.54 Å². The maximum absolute atomic E-state index is 6.12. The summed E-state index contributed by atoms with van der Waals surface area (Å²) in [5.74, 6) is 2.27. The van der Waals surface area contributed by atoms with Crippen molar-refractivity contribution in [1.82, 2.24) is 0 Å². The fourth-order valence-electron chi connectivity index (χ4n) is 2.30. The van der Waals surface area contributed by atoms with Crippen LogP contribution in [0.4, 0.5) is 0 Å². The molecule has 0 bridgehead atoms. The Bertz CT molecular complexity index is 426. The average Bonchev–Trinajstić information content (AvgIpc) is 2.90. The zero-order chi connectivity index (χ0) is 11.9. The van der Waals surface area contributed by atoms with Crippen molar-refractivity contribution >= 4 is 0 Å². The zero-order valence-electron chi connectivity index (χ0n) is 10.2. The van der Waals surface area contributed by atoms with Gasteiger partial charge < -0.3 is 15.2 Å². The molecule has 3 heteroatoms. The van der Waals surface area contributed by atoms with Crippen molar-refractivity contribution in [2.24, 2.45) is 5.73 Å². The van der Waals surface area contributed by atoms with Crippen molar-refractivity contribution in [2.45, 2.75) is 44.1 Å². The number of hydrogen-bond donors (Lipinski definition) is 1. The number of fused-ring (bicyclic) bond motifs is 1. The highest BCUT2D eigenvalue weighted by Gasteiger charge is 2.37. The van der Waals surface area contributed by atoms with Gasteiger partial charge >= 0.3 is 0 Å². The Labute approximate surface area is 102 Å². The van der Waals surface area contributed by atoms with Crippen molar-refractivity contribution in [1.29, 1.82) is 0 Å². The molecule has 1 aromatic rings. The van der Waals surface area contributed by atoms with E-state index in [-0.39, 0.29) is 5.54 Å². The zero-order valence-corrected chi connectivity index (χ0v) is 10.2. The molecule has 1 fully saturated rings. The van der Waals surface area contributed by atoms with Crippen molar-refractivity contribution in [3.63, 3.8) is 0 Å². The Morgan fingerprint density at radius 1 is 1.29 bits per heavy atom. The van der Waals surface area contributed by atoms with Crippen LogP contribution in [0, 0.1) is 0 Å². The molecule has 0 amide bonds. The van der Waals surface area contributed by atoms with E-state index >= 15 is 0 Å². The van der Waals surface area contributed by atoms with Crippen LogP contribution < -0.4 is 15.2 Å². The second kappa shape index (κ2) is 3.91. The topological polar surface area (TPSA) is 44.5 Å². The largest absolute Gasteiger partial charge is 0.454 e. The number of nitrogens with two attached hydrogens (primary N) is 1. The quantitative estimate of drug-likeness (QED) is 0.869. The Morgan fingerprint density at radius 2 is 2.06 bits per heavy atom. The van der Waals surface area contributed by atoms with Crippen LogP contribution in [0.1, 0.15) is 44.1 Å². The van der Waals surface area contributed by atoms with Crippen molar-refractivity contribution in [3.05, 3.63) is 23.8 Å². The molecular formula is C14H19NO2. The molecule has 3 nitrogen and oxygen atoms in total. The van der Waals surface area contributed by atoms with Gasteiger partial charge in [-0.05, 0) is 49.3 Å². The molecule has 1 aliphatic carbocycles. The maximum Gasteiger partial charge on any atom is 0.231 e. The molecule has 2 aliphatic rings. The van der Waals surface area contributed by atoms with E-state index in [9.17, 15) is 0 Å². The number of benzene rings is 1. The summed E-state index contributed by atoms with van der Waals surface area (Å²) >= 11 is 0. The van der Waals surface area contributed by atoms with E-state index in [1.54, 1.807) is 0 Å². The van der Waals surface area contributed by atoms with E-state index in [0.29, 0.717) is 12.7 Å². The van der Waals surface area contributed by atoms with Crippen molar-refractivity contribution in [3.8, 4) is 11.5 Å². The molecule has 1 heterocycles. The first kappa shape index (κ1) is 10.9. The van der Waals surface area contributed by atoms with Gasteiger partial charge in [0.2, 0.25) is 6.79 Å². The van der Waals surface area contributed by atoms with Gasteiger partial charge in [0.25, 0.3) is 0 Å². The van der Waals surface area contributed by atoms with Crippen molar-refractivity contribution < 1.29 is 9.47 Å². The summed E-state index contributed by atoms with van der Waals surface area (Å²) in [4.78, 5) is 0. The second-order valence-corrected chi connectivity index (χ2v) is 5.41. The molecule has 1 aromatic carbocycles. The first-order valence-corrected chi connectivity index (χ1v) is 6.35. The molecule has 1 saturated carbocycles. The van der Waals surface area contributed by atoms with Gasteiger partial charge in [0.15, 0.2) is 11.5 Å². The molecular weight excluding hydrogens is 214 g/mol. The summed E-state index contributed by atoms with van der Waals surface area (Å²) in [7, 11) is 0. The molecule has 2 N–H and O–H groups in total. The van der Waals surface area contributed by atoms with E-state index in [1.165, 1.54) is 18.4 Å². The predicted molar refractivity (Wildman–Crippen MR) is 66.4 cm³/mol. The molecule has 3 rings (SSSR count). The van der Waals surface area contributed by atoms with Gasteiger partial charge in [-0.2, -0.15) is 0 Å². The summed E-state index contributed by atoms with van der Waals surface area (Å²) < 4.78 is 10.7. The van der Waals surface area contributed by atoms with Crippen LogP contribution in [-0.2, 0) is 0 Å². The molecule has 0 spiro atoms. The van der Waals surface area contributed by atoms with E-state index < -0.39 is 0 Å². The van der Waals surface area contributed by atoms with Gasteiger partial charge in [0.05, 0.1) is 0 Å². The van der Waals surface area contributed by atoms with Gasteiger partial charge in [0.1, 0.15) is 0 Å². The molecule has 0 radical (unpaired) electrons. The predicted octanol–water partition coefficient (Wildman–Crippen LogP) is 2.79. The summed E-state index contributed by atoms with van der Waals surface area (Å²) in [6.45, 7) is 2.60. The normalized spacial score (nSPS) is 21.3. The fraction of sp³-hybridized carbons (Fsp3) is 0.571. The highest BCUT2D eigenvalue weighted by Crippen LogP contribution is 2.40. The lowest BCUT2D eigenvalue weighted by Gasteiger charge is -2.15. The third-order valence-corrected chi connectivity index (χ3v) is 3.93. The lowest BCUT2D eigenvalue weighted by atomic mass is 9.93. The summed E-state index contributed by atoms with van der Waals surface area (Å²) in [6, 6.07) is 6.24. The van der Waals surface area contributed by atoms with E-state index in [4.69, 9.17) is 15.2 Å². The van der Waals surface area contributed by atoms with Gasteiger partial charge in [-0.1, -0.05) is 13.0 Å². The molecule has 0 saturated heterocycles. The summed E-state index contributed by atoms with van der Waals surface area (Å²) in [5, 5.41) is 0. The molecule has 1 unspecified atom stereocenters. The standard InChI is InChI=1S/C14H19NO2/c1-10(4-5-14(15)6-7-14)11-2-3-12-13(8-11)17-9-16-12/h2-3,8,10H,4-7,9,15H2,1H3. The van der Waals surface area contributed by atoms with Gasteiger partial charge in [-0.25, -0.2) is 0 Å². The van der Waals surface area contributed by atoms with Crippen LogP contribution in [0.25, 0.3) is 0 Å². The highest BCUT2D eigenvalue weighted by molar-refractivity contribution is 5.45. The van der Waals surface area contributed by atoms with Gasteiger partial charge in [-0.3, -0.25) is 0 Å². The minimum Gasteiger partial charge on any atom is -0.454 e. The van der Waals surface area contributed by atoms with Crippen LogP contribution in [-0.4, -0.2) is 12.3 Å². The van der Waals surface area contributed by atoms with Crippen LogP contribution >= 0.6 is 0 Å². The van der Waals surface area contributed by atoms with Crippen molar-refractivity contribution in [2.75, 3.05) is 6.79 Å². The minimum absolute atomic E-state index is 0.157. The first-order chi connectivity index (χ1) is 8.16. The molecule has 1 atom stereocenters. The SMILES string of the molecule is CC(CCC1(N)CC1)c1ccc2c(c1)OCO2. The Hall–Kier alpha value is -1.22. The first-order valence-electron chi connectivity index (χ1n) is 6.35. The van der Waals surface area contributed by atoms with E-state index in [2.05, 4.69) is 19.1 Å². The lowest BCUT2D eigenvalue weighted by molar-refractivity contribution is 0.174. The monoisotopic (exact) mass is 233 g/mol. The van der Waals surface area contributed by atoms with Crippen LogP contribution in [0.2, 0.25) is 0 Å². The Morgan fingerprint density at radius 3 is 2.82 bits per heavy atom. The van der Waals surface area contributed by atoms with Crippen LogP contribution in [0.5, 0.6) is 11.5 Å². The number of rotatable bonds is 4. The molecule has 92 valence electrons. The van der Waals surface area contributed by atoms with Crippen LogP contribution in [0.15, 0.2) is 18.2 Å². The highest BCUT2D eigenvalue weighted by atomic mass is 16.7. The summed E-state index contributed by atoms with van der Waals surface area (Å²) in [6.07, 6.45) is 4.67. The van der Waals surface area contributed by atoms with Gasteiger partial charge in [-0.15, -0.1) is 0 Å². The smallest absolute Gasteiger partial charge is 0.231 e. The Balaban J connectivity index is 1.66. The van der Waals surface area contributed by atoms with E-state index in [1.807, 2.05) is 6.07 Å². The van der Waals surface area contributed by atoms with E-state index in [0.717, 1.165) is 24.3 Å². The fourth-order valence-corrected chi connectivity index (χ4v) is 2.30. The molecule has 1 aliphatic heterocycles. The summed E-state index contributed by atoms with van der Waals surface area (Å²) in [5.41, 5.74) is 7.59. The average molecular weight is 233 g/mol.